The van der Waals surface area contributed by atoms with Crippen molar-refractivity contribution in [3.05, 3.63) is 34.9 Å². The summed E-state index contributed by atoms with van der Waals surface area (Å²) in [5, 5.41) is 9.09. The molecule has 0 aromatic heterocycles. The minimum atomic E-state index is -3.87. The first kappa shape index (κ1) is 18.8. The first-order valence-corrected chi connectivity index (χ1v) is 14.6. The number of benzene rings is 1. The number of carbonyl (C=O) groups excluding carboxylic acids is 2. The van der Waals surface area contributed by atoms with E-state index in [0.717, 1.165) is 25.7 Å². The molecule has 1 aliphatic heterocycles. The number of carboxylic acids is 1. The number of aromatic carboxylic acids is 1. The summed E-state index contributed by atoms with van der Waals surface area (Å²) in [7, 11) is 0. The molecule has 0 bridgehead atoms. The average molecular weight is 441 g/mol. The summed E-state index contributed by atoms with van der Waals surface area (Å²) in [4.78, 5) is 36.2. The van der Waals surface area contributed by atoms with Crippen LogP contribution < -0.4 is 0 Å². The maximum absolute atomic E-state index is 12.6. The van der Waals surface area contributed by atoms with Crippen LogP contribution in [-0.2, 0) is 6.15 Å². The predicted octanol–water partition coefficient (Wildman–Crippen LogP) is 3.75. The summed E-state index contributed by atoms with van der Waals surface area (Å²) in [6.45, 7) is 4.07. The van der Waals surface area contributed by atoms with Crippen molar-refractivity contribution < 1.29 is 25.6 Å². The van der Waals surface area contributed by atoms with Crippen LogP contribution in [0.2, 0.25) is 8.87 Å². The Labute approximate surface area is 146 Å². The molecule has 7 heteroatoms. The molecule has 1 N–H and O–H groups in total. The normalized spacial score (nSPS) is 15.9. The van der Waals surface area contributed by atoms with Gasteiger partial charge in [0.2, 0.25) is 0 Å². The molecule has 0 spiro atoms. The molecular formula is C17H22O6Sn. The van der Waals surface area contributed by atoms with Crippen molar-refractivity contribution in [2.45, 2.75) is 48.4 Å². The van der Waals surface area contributed by atoms with E-state index < -0.39 is 37.1 Å². The zero-order valence-corrected chi connectivity index (χ0v) is 16.8. The van der Waals surface area contributed by atoms with Crippen LogP contribution in [0.4, 0.5) is 0 Å². The molecule has 0 aliphatic carbocycles. The third-order valence-corrected chi connectivity index (χ3v) is 13.6. The first-order chi connectivity index (χ1) is 11.4. The van der Waals surface area contributed by atoms with Gasteiger partial charge in [-0.3, -0.25) is 0 Å². The summed E-state index contributed by atoms with van der Waals surface area (Å²) in [5.74, 6) is -2.34. The van der Waals surface area contributed by atoms with E-state index in [-0.39, 0.29) is 16.7 Å². The SMILES string of the molecule is CCC[CH2][Sn]1([CH2]CCC)[O]C(=O)c2ccc(C(=O)O)cc2C(=O)[O]1. The Hall–Kier alpha value is -1.57. The van der Waals surface area contributed by atoms with Crippen molar-refractivity contribution >= 4 is 37.1 Å². The molecule has 1 aliphatic rings. The van der Waals surface area contributed by atoms with E-state index in [9.17, 15) is 14.4 Å². The van der Waals surface area contributed by atoms with Crippen LogP contribution in [0.5, 0.6) is 0 Å². The Kier molecular flexibility index (Phi) is 6.26. The monoisotopic (exact) mass is 442 g/mol. The zero-order chi connectivity index (χ0) is 17.7. The van der Waals surface area contributed by atoms with Gasteiger partial charge in [-0.2, -0.15) is 0 Å². The van der Waals surface area contributed by atoms with Gasteiger partial charge >= 0.3 is 146 Å². The molecule has 0 fully saturated rings. The molecule has 0 radical (unpaired) electrons. The second-order valence-electron chi connectivity index (χ2n) is 5.96. The van der Waals surface area contributed by atoms with Gasteiger partial charge in [0.1, 0.15) is 0 Å². The van der Waals surface area contributed by atoms with Crippen molar-refractivity contribution in [2.24, 2.45) is 0 Å². The van der Waals surface area contributed by atoms with Gasteiger partial charge < -0.3 is 0 Å². The zero-order valence-electron chi connectivity index (χ0n) is 14.0. The summed E-state index contributed by atoms with van der Waals surface area (Å²) in [6, 6.07) is 3.84. The van der Waals surface area contributed by atoms with Crippen LogP contribution in [0.25, 0.3) is 0 Å². The Bertz CT molecular complexity index is 646. The van der Waals surface area contributed by atoms with Gasteiger partial charge in [-0.05, 0) is 0 Å². The van der Waals surface area contributed by atoms with Gasteiger partial charge in [0.05, 0.1) is 0 Å². The Morgan fingerprint density at radius 2 is 1.54 bits per heavy atom. The van der Waals surface area contributed by atoms with Gasteiger partial charge in [0.15, 0.2) is 0 Å². The Morgan fingerprint density at radius 3 is 2.04 bits per heavy atom. The van der Waals surface area contributed by atoms with Crippen LogP contribution in [0.1, 0.15) is 70.6 Å². The molecule has 24 heavy (non-hydrogen) atoms. The summed E-state index contributed by atoms with van der Waals surface area (Å²) < 4.78 is 12.8. The van der Waals surface area contributed by atoms with Crippen LogP contribution in [0.15, 0.2) is 18.2 Å². The van der Waals surface area contributed by atoms with Gasteiger partial charge in [0, 0.05) is 0 Å². The fourth-order valence-electron chi connectivity index (χ4n) is 2.71. The average Bonchev–Trinajstić information content (AvgIpc) is 2.66. The van der Waals surface area contributed by atoms with Crippen LogP contribution in [0.3, 0.4) is 0 Å². The van der Waals surface area contributed by atoms with E-state index >= 15 is 0 Å². The van der Waals surface area contributed by atoms with E-state index in [0.29, 0.717) is 8.87 Å². The predicted molar refractivity (Wildman–Crippen MR) is 89.4 cm³/mol. The second-order valence-corrected chi connectivity index (χ2v) is 15.2. The fourth-order valence-corrected chi connectivity index (χ4v) is 12.4. The molecule has 2 rings (SSSR count). The molecule has 1 aromatic rings. The fraction of sp³-hybridized carbons (Fsp3) is 0.471. The molecule has 6 nitrogen and oxygen atoms in total. The number of unbranched alkanes of at least 4 members (excludes halogenated alkanes) is 2. The summed E-state index contributed by atoms with van der Waals surface area (Å²) in [5.41, 5.74) is 0.0337. The van der Waals surface area contributed by atoms with Gasteiger partial charge in [-0.25, -0.2) is 0 Å². The number of rotatable bonds is 7. The van der Waals surface area contributed by atoms with Crippen molar-refractivity contribution in [1.29, 1.82) is 0 Å². The summed E-state index contributed by atoms with van der Waals surface area (Å²) >= 11 is -3.87. The molecule has 130 valence electrons. The molecular weight excluding hydrogens is 419 g/mol. The summed E-state index contributed by atoms with van der Waals surface area (Å²) in [6.07, 6.45) is 3.54. The number of carboxylic acid groups (broad SMARTS) is 1. The molecule has 1 aromatic carbocycles. The van der Waals surface area contributed by atoms with Gasteiger partial charge in [-0.15, -0.1) is 0 Å². The number of hydrogen-bond donors (Lipinski definition) is 1. The number of hydrogen-bond acceptors (Lipinski definition) is 5. The third-order valence-electron chi connectivity index (χ3n) is 4.09. The Morgan fingerprint density at radius 1 is 1.00 bits per heavy atom. The van der Waals surface area contributed by atoms with E-state index in [1.165, 1.54) is 18.2 Å². The van der Waals surface area contributed by atoms with E-state index in [4.69, 9.17) is 11.3 Å². The van der Waals surface area contributed by atoms with Crippen LogP contribution in [-0.4, -0.2) is 42.2 Å². The molecule has 1 heterocycles. The molecule has 0 amide bonds. The minimum absolute atomic E-state index is 0.00790. The van der Waals surface area contributed by atoms with E-state index in [1.807, 2.05) is 13.8 Å². The van der Waals surface area contributed by atoms with Crippen LogP contribution in [0, 0.1) is 0 Å². The molecule has 0 unspecified atom stereocenters. The first-order valence-electron chi connectivity index (χ1n) is 8.26. The quantitative estimate of drug-likeness (QED) is 0.649. The third kappa shape index (κ3) is 4.09. The Balaban J connectivity index is 2.41. The van der Waals surface area contributed by atoms with Crippen LogP contribution >= 0.6 is 0 Å². The van der Waals surface area contributed by atoms with E-state index in [1.54, 1.807) is 0 Å². The molecule has 0 saturated heterocycles. The van der Waals surface area contributed by atoms with Crippen molar-refractivity contribution in [3.63, 3.8) is 0 Å². The standard InChI is InChI=1S/C9H6O6.2C4H9.Sn/c10-7(11)4-1-2-5(8(12)13)6(3-4)9(14)15;2*1-3-4-2;/h1-3H,(H,10,11)(H,12,13)(H,14,15);2*1,3-4H2,2H3;/q;;;+2/p-2. The molecule has 0 saturated carbocycles. The number of fused-ring (bicyclic) bond motifs is 1. The number of carbonyl (C=O) groups is 3. The van der Waals surface area contributed by atoms with Gasteiger partial charge in [-0.1, -0.05) is 0 Å². The van der Waals surface area contributed by atoms with Crippen molar-refractivity contribution in [1.82, 2.24) is 0 Å². The topological polar surface area (TPSA) is 89.9 Å². The molecule has 0 atom stereocenters. The second kappa shape index (κ2) is 8.00. The van der Waals surface area contributed by atoms with E-state index in [2.05, 4.69) is 0 Å². The van der Waals surface area contributed by atoms with Crippen molar-refractivity contribution in [2.75, 3.05) is 0 Å². The maximum atomic E-state index is 12.6. The van der Waals surface area contributed by atoms with Gasteiger partial charge in [0.25, 0.3) is 0 Å². The van der Waals surface area contributed by atoms with Crippen molar-refractivity contribution in [3.8, 4) is 0 Å².